The summed E-state index contributed by atoms with van der Waals surface area (Å²) in [6, 6.07) is 13.1. The van der Waals surface area contributed by atoms with Crippen LogP contribution in [-0.2, 0) is 0 Å². The maximum absolute atomic E-state index is 6.22. The number of halogens is 1. The molecule has 0 bridgehead atoms. The van der Waals surface area contributed by atoms with Gasteiger partial charge in [-0.05, 0) is 30.3 Å². The van der Waals surface area contributed by atoms with E-state index in [1.54, 1.807) is 6.07 Å². The Balaban J connectivity index is 2.06. The van der Waals surface area contributed by atoms with Gasteiger partial charge in [-0.15, -0.1) is 6.42 Å². The van der Waals surface area contributed by atoms with E-state index in [4.69, 9.17) is 22.4 Å². The molecule has 3 aromatic rings. The summed E-state index contributed by atoms with van der Waals surface area (Å²) < 4.78 is 5.73. The highest BCUT2D eigenvalue weighted by molar-refractivity contribution is 6.33. The van der Waals surface area contributed by atoms with Crippen LogP contribution in [0.2, 0.25) is 5.02 Å². The Morgan fingerprint density at radius 2 is 2.10 bits per heavy atom. The average molecular weight is 283 g/mol. The summed E-state index contributed by atoms with van der Waals surface area (Å²) in [5, 5.41) is 3.69. The van der Waals surface area contributed by atoms with E-state index in [2.05, 4.69) is 16.2 Å². The number of anilines is 1. The molecule has 1 N–H and O–H groups in total. The molecule has 3 nitrogen and oxygen atoms in total. The Hall–Kier alpha value is -2.44. The summed E-state index contributed by atoms with van der Waals surface area (Å²) in [4.78, 5) is 4.45. The first-order valence-electron chi connectivity index (χ1n) is 6.11. The van der Waals surface area contributed by atoms with E-state index in [0.29, 0.717) is 17.5 Å². The monoisotopic (exact) mass is 282 g/mol. The van der Waals surface area contributed by atoms with Gasteiger partial charge in [0.2, 0.25) is 5.89 Å². The van der Waals surface area contributed by atoms with Crippen molar-refractivity contribution < 1.29 is 4.42 Å². The Morgan fingerprint density at radius 1 is 1.25 bits per heavy atom. The second kappa shape index (κ2) is 5.28. The Bertz CT molecular complexity index is 769. The van der Waals surface area contributed by atoms with E-state index in [1.807, 2.05) is 36.4 Å². The smallest absolute Gasteiger partial charge is 0.228 e. The van der Waals surface area contributed by atoms with Gasteiger partial charge < -0.3 is 9.73 Å². The molecule has 0 amide bonds. The number of hydrogen-bond donors (Lipinski definition) is 1. The fourth-order valence-corrected chi connectivity index (χ4v) is 2.14. The second-order valence-electron chi connectivity index (χ2n) is 4.24. The summed E-state index contributed by atoms with van der Waals surface area (Å²) in [5.41, 5.74) is 3.16. The van der Waals surface area contributed by atoms with E-state index in [1.165, 1.54) is 0 Å². The van der Waals surface area contributed by atoms with E-state index < -0.39 is 0 Å². The number of terminal acetylenes is 1. The van der Waals surface area contributed by atoms with Gasteiger partial charge in [0.1, 0.15) is 5.52 Å². The summed E-state index contributed by atoms with van der Waals surface area (Å²) in [6.45, 7) is 0.453. The first-order valence-corrected chi connectivity index (χ1v) is 6.48. The van der Waals surface area contributed by atoms with Crippen molar-refractivity contribution in [1.29, 1.82) is 0 Å². The van der Waals surface area contributed by atoms with Gasteiger partial charge in [-0.3, -0.25) is 0 Å². The number of rotatable bonds is 3. The number of nitrogens with one attached hydrogen (secondary N) is 1. The van der Waals surface area contributed by atoms with Gasteiger partial charge in [0.15, 0.2) is 5.58 Å². The third-order valence-electron chi connectivity index (χ3n) is 2.89. The molecule has 0 saturated carbocycles. The Morgan fingerprint density at radius 3 is 2.90 bits per heavy atom. The van der Waals surface area contributed by atoms with E-state index in [-0.39, 0.29) is 0 Å². The zero-order chi connectivity index (χ0) is 13.9. The van der Waals surface area contributed by atoms with Crippen LogP contribution in [0.3, 0.4) is 0 Å². The SMILES string of the molecule is C#CCNc1ccc(Cl)c(-c2nc3ccccc3o2)c1. The number of benzene rings is 2. The van der Waals surface area contributed by atoms with Crippen molar-refractivity contribution in [2.45, 2.75) is 0 Å². The minimum atomic E-state index is 0.453. The molecular formula is C16H11ClN2O. The first kappa shape index (κ1) is 12.6. The summed E-state index contributed by atoms with van der Waals surface area (Å²) in [7, 11) is 0. The number of oxazole rings is 1. The fraction of sp³-hybridized carbons (Fsp3) is 0.0625. The van der Waals surface area contributed by atoms with Crippen LogP contribution in [0.25, 0.3) is 22.6 Å². The quantitative estimate of drug-likeness (QED) is 0.732. The lowest BCUT2D eigenvalue weighted by Crippen LogP contribution is -1.98. The highest BCUT2D eigenvalue weighted by Crippen LogP contribution is 2.32. The van der Waals surface area contributed by atoms with Gasteiger partial charge in [-0.2, -0.15) is 0 Å². The molecule has 4 heteroatoms. The summed E-state index contributed by atoms with van der Waals surface area (Å²) in [6.07, 6.45) is 5.24. The van der Waals surface area contributed by atoms with Crippen LogP contribution in [0.4, 0.5) is 5.69 Å². The lowest BCUT2D eigenvalue weighted by atomic mass is 10.2. The number of fused-ring (bicyclic) bond motifs is 1. The molecule has 0 spiro atoms. The molecule has 2 aromatic carbocycles. The summed E-state index contributed by atoms with van der Waals surface area (Å²) in [5.74, 6) is 3.03. The second-order valence-corrected chi connectivity index (χ2v) is 4.65. The van der Waals surface area contributed by atoms with E-state index in [0.717, 1.165) is 22.4 Å². The highest BCUT2D eigenvalue weighted by atomic mass is 35.5. The standard InChI is InChI=1S/C16H11ClN2O/c1-2-9-18-11-7-8-13(17)12(10-11)16-19-14-5-3-4-6-15(14)20-16/h1,3-8,10,18H,9H2. The lowest BCUT2D eigenvalue weighted by molar-refractivity contribution is 0.620. The molecular weight excluding hydrogens is 272 g/mol. The number of nitrogens with zero attached hydrogens (tertiary/aromatic N) is 1. The third-order valence-corrected chi connectivity index (χ3v) is 3.21. The van der Waals surface area contributed by atoms with E-state index >= 15 is 0 Å². The fourth-order valence-electron chi connectivity index (χ4n) is 1.94. The molecule has 1 aromatic heterocycles. The van der Waals surface area contributed by atoms with Gasteiger partial charge in [0, 0.05) is 5.69 Å². The zero-order valence-corrected chi connectivity index (χ0v) is 11.3. The van der Waals surface area contributed by atoms with Crippen molar-refractivity contribution >= 4 is 28.4 Å². The molecule has 0 fully saturated rings. The molecule has 0 atom stereocenters. The third kappa shape index (κ3) is 2.34. The van der Waals surface area contributed by atoms with Gasteiger partial charge in [-0.1, -0.05) is 29.7 Å². The van der Waals surface area contributed by atoms with Crippen LogP contribution < -0.4 is 5.32 Å². The number of para-hydroxylation sites is 2. The highest BCUT2D eigenvalue weighted by Gasteiger charge is 2.12. The van der Waals surface area contributed by atoms with Crippen LogP contribution >= 0.6 is 11.6 Å². The maximum atomic E-state index is 6.22. The van der Waals surface area contributed by atoms with Crippen molar-refractivity contribution in [2.24, 2.45) is 0 Å². The molecule has 20 heavy (non-hydrogen) atoms. The minimum Gasteiger partial charge on any atom is -0.436 e. The number of aromatic nitrogens is 1. The van der Waals surface area contributed by atoms with Crippen molar-refractivity contribution in [3.05, 3.63) is 47.5 Å². The topological polar surface area (TPSA) is 38.1 Å². The van der Waals surface area contributed by atoms with Gasteiger partial charge in [0.05, 0.1) is 17.1 Å². The number of hydrogen-bond acceptors (Lipinski definition) is 3. The van der Waals surface area contributed by atoms with Gasteiger partial charge in [0.25, 0.3) is 0 Å². The van der Waals surface area contributed by atoms with Crippen molar-refractivity contribution in [1.82, 2.24) is 4.98 Å². The molecule has 0 aliphatic heterocycles. The largest absolute Gasteiger partial charge is 0.436 e. The zero-order valence-electron chi connectivity index (χ0n) is 10.6. The molecule has 98 valence electrons. The van der Waals surface area contributed by atoms with Crippen LogP contribution in [0.15, 0.2) is 46.9 Å². The Labute approximate surface area is 121 Å². The van der Waals surface area contributed by atoms with Crippen molar-refractivity contribution in [3.8, 4) is 23.8 Å². The Kier molecular flexibility index (Phi) is 3.32. The van der Waals surface area contributed by atoms with Crippen LogP contribution in [-0.4, -0.2) is 11.5 Å². The van der Waals surface area contributed by atoms with E-state index in [9.17, 15) is 0 Å². The molecule has 0 aliphatic carbocycles. The van der Waals surface area contributed by atoms with Crippen LogP contribution in [0.5, 0.6) is 0 Å². The first-order chi connectivity index (χ1) is 9.78. The van der Waals surface area contributed by atoms with Crippen LogP contribution in [0.1, 0.15) is 0 Å². The molecule has 0 saturated heterocycles. The van der Waals surface area contributed by atoms with Gasteiger partial charge >= 0.3 is 0 Å². The minimum absolute atomic E-state index is 0.453. The molecule has 0 radical (unpaired) electrons. The average Bonchev–Trinajstić information content (AvgIpc) is 2.90. The molecule has 0 aliphatic rings. The van der Waals surface area contributed by atoms with Crippen molar-refractivity contribution in [3.63, 3.8) is 0 Å². The molecule has 0 unspecified atom stereocenters. The maximum Gasteiger partial charge on any atom is 0.228 e. The normalized spacial score (nSPS) is 10.4. The van der Waals surface area contributed by atoms with Gasteiger partial charge in [-0.25, -0.2) is 4.98 Å². The molecule has 1 heterocycles. The predicted molar refractivity (Wildman–Crippen MR) is 81.8 cm³/mol. The summed E-state index contributed by atoms with van der Waals surface area (Å²) >= 11 is 6.22. The lowest BCUT2D eigenvalue weighted by Gasteiger charge is -2.05. The molecule has 3 rings (SSSR count). The van der Waals surface area contributed by atoms with Crippen molar-refractivity contribution in [2.75, 3.05) is 11.9 Å². The predicted octanol–water partition coefficient (Wildman–Crippen LogP) is 4.19. The van der Waals surface area contributed by atoms with Crippen LogP contribution in [0, 0.1) is 12.3 Å².